The Hall–Kier alpha value is -2.73. The lowest BCUT2D eigenvalue weighted by molar-refractivity contribution is 0.0996. The maximum absolute atomic E-state index is 13.0. The topological polar surface area (TPSA) is 43.6 Å². The lowest BCUT2D eigenvalue weighted by Gasteiger charge is -2.08. The molecule has 0 aliphatic rings. The zero-order chi connectivity index (χ0) is 22.5. The van der Waals surface area contributed by atoms with E-state index in [4.69, 9.17) is 16.3 Å². The minimum absolute atomic E-state index is 0.253. The van der Waals surface area contributed by atoms with Crippen LogP contribution in [-0.4, -0.2) is 23.7 Å². The molecular formula is C26H25ClN2O2S. The van der Waals surface area contributed by atoms with Crippen molar-refractivity contribution < 1.29 is 9.53 Å². The molecule has 0 atom stereocenters. The number of ether oxygens (including phenoxy) is 1. The van der Waals surface area contributed by atoms with Crippen molar-refractivity contribution in [2.24, 2.45) is 4.99 Å². The minimum atomic E-state index is -0.253. The van der Waals surface area contributed by atoms with Gasteiger partial charge in [0.25, 0.3) is 5.91 Å². The molecule has 1 amide bonds. The molecule has 0 radical (unpaired) electrons. The van der Waals surface area contributed by atoms with E-state index in [9.17, 15) is 4.79 Å². The first-order chi connectivity index (χ1) is 15.6. The number of carbonyl (C=O) groups is 1. The van der Waals surface area contributed by atoms with Gasteiger partial charge >= 0.3 is 0 Å². The number of nitrogens with zero attached hydrogens (tertiary/aromatic N) is 2. The van der Waals surface area contributed by atoms with E-state index in [1.807, 2.05) is 73.0 Å². The number of amides is 1. The summed E-state index contributed by atoms with van der Waals surface area (Å²) in [7, 11) is 0. The molecule has 0 spiro atoms. The summed E-state index contributed by atoms with van der Waals surface area (Å²) in [5.41, 5.74) is 4.96. The highest BCUT2D eigenvalue weighted by Gasteiger charge is 2.13. The molecule has 6 heteroatoms. The van der Waals surface area contributed by atoms with E-state index in [1.54, 1.807) is 0 Å². The fourth-order valence-electron chi connectivity index (χ4n) is 3.66. The van der Waals surface area contributed by atoms with Crippen molar-refractivity contribution >= 4 is 39.1 Å². The Labute approximate surface area is 196 Å². The monoisotopic (exact) mass is 464 g/mol. The number of carbonyl (C=O) groups excluding carboxylic acids is 1. The standard InChI is InChI=1S/C26H25ClN2O2S/c1-3-31-16-15-29-24-18(2)22(27)13-14-23(24)32-26(29)28-25(30)21-11-9-20(10-12-21)17-19-7-5-4-6-8-19/h4-14H,3,15-17H2,1-2H3. The van der Waals surface area contributed by atoms with Gasteiger partial charge in [-0.05, 0) is 61.2 Å². The van der Waals surface area contributed by atoms with E-state index in [1.165, 1.54) is 16.9 Å². The van der Waals surface area contributed by atoms with E-state index in [2.05, 4.69) is 17.1 Å². The smallest absolute Gasteiger partial charge is 0.279 e. The van der Waals surface area contributed by atoms with Crippen molar-refractivity contribution in [3.8, 4) is 0 Å². The summed E-state index contributed by atoms with van der Waals surface area (Å²) in [6, 6.07) is 21.8. The van der Waals surface area contributed by atoms with Crippen molar-refractivity contribution in [2.45, 2.75) is 26.8 Å². The second-order valence-corrected chi connectivity index (χ2v) is 8.94. The third-order valence-electron chi connectivity index (χ3n) is 5.34. The predicted molar refractivity (Wildman–Crippen MR) is 132 cm³/mol. The fraction of sp³-hybridized carbons (Fsp3) is 0.231. The fourth-order valence-corrected chi connectivity index (χ4v) is 4.92. The van der Waals surface area contributed by atoms with Crippen LogP contribution < -0.4 is 4.80 Å². The number of aryl methyl sites for hydroxylation is 1. The van der Waals surface area contributed by atoms with Crippen molar-refractivity contribution in [1.82, 2.24) is 4.57 Å². The number of thiazole rings is 1. The summed E-state index contributed by atoms with van der Waals surface area (Å²) < 4.78 is 8.65. The van der Waals surface area contributed by atoms with Gasteiger partial charge in [-0.2, -0.15) is 4.99 Å². The molecule has 0 N–H and O–H groups in total. The largest absolute Gasteiger partial charge is 0.380 e. The number of rotatable bonds is 7. The molecule has 4 rings (SSSR count). The molecular weight excluding hydrogens is 440 g/mol. The van der Waals surface area contributed by atoms with Crippen LogP contribution in [-0.2, 0) is 17.7 Å². The van der Waals surface area contributed by atoms with E-state index in [0.29, 0.717) is 35.1 Å². The van der Waals surface area contributed by atoms with Crippen LogP contribution in [0.25, 0.3) is 10.2 Å². The Kier molecular flexibility index (Phi) is 7.20. The normalized spacial score (nSPS) is 11.9. The summed E-state index contributed by atoms with van der Waals surface area (Å²) in [6.45, 7) is 5.75. The van der Waals surface area contributed by atoms with E-state index in [-0.39, 0.29) is 5.91 Å². The average Bonchev–Trinajstić information content (AvgIpc) is 3.15. The number of benzene rings is 3. The second kappa shape index (κ2) is 10.3. The zero-order valence-corrected chi connectivity index (χ0v) is 19.7. The van der Waals surface area contributed by atoms with Crippen LogP contribution in [0, 0.1) is 6.92 Å². The zero-order valence-electron chi connectivity index (χ0n) is 18.2. The maximum atomic E-state index is 13.0. The highest BCUT2D eigenvalue weighted by molar-refractivity contribution is 7.16. The van der Waals surface area contributed by atoms with Gasteiger partial charge < -0.3 is 9.30 Å². The van der Waals surface area contributed by atoms with Crippen molar-refractivity contribution in [2.75, 3.05) is 13.2 Å². The summed E-state index contributed by atoms with van der Waals surface area (Å²) in [6.07, 6.45) is 0.834. The Bertz CT molecular complexity index is 1290. The molecule has 0 aliphatic heterocycles. The molecule has 0 saturated carbocycles. The van der Waals surface area contributed by atoms with E-state index in [0.717, 1.165) is 27.8 Å². The number of fused-ring (bicyclic) bond motifs is 1. The van der Waals surface area contributed by atoms with Gasteiger partial charge in [-0.15, -0.1) is 0 Å². The van der Waals surface area contributed by atoms with Crippen LogP contribution in [0.5, 0.6) is 0 Å². The first-order valence-electron chi connectivity index (χ1n) is 10.6. The van der Waals surface area contributed by atoms with Crippen molar-refractivity contribution in [1.29, 1.82) is 0 Å². The number of halogens is 1. The Morgan fingerprint density at radius 2 is 1.75 bits per heavy atom. The Morgan fingerprint density at radius 3 is 2.47 bits per heavy atom. The SMILES string of the molecule is CCOCCn1c(=NC(=O)c2ccc(Cc3ccccc3)cc2)sc2ccc(Cl)c(C)c21. The number of aromatic nitrogens is 1. The van der Waals surface area contributed by atoms with Crippen LogP contribution >= 0.6 is 22.9 Å². The quantitative estimate of drug-likeness (QED) is 0.313. The second-order valence-electron chi connectivity index (χ2n) is 7.53. The van der Waals surface area contributed by atoms with Crippen LogP contribution in [0.3, 0.4) is 0 Å². The predicted octanol–water partition coefficient (Wildman–Crippen LogP) is 6.03. The van der Waals surface area contributed by atoms with Gasteiger partial charge in [0.2, 0.25) is 0 Å². The molecule has 0 bridgehead atoms. The third kappa shape index (κ3) is 5.01. The molecule has 4 aromatic rings. The lowest BCUT2D eigenvalue weighted by atomic mass is 10.0. The molecule has 1 aromatic heterocycles. The molecule has 3 aromatic carbocycles. The van der Waals surface area contributed by atoms with Gasteiger partial charge in [-0.1, -0.05) is 65.4 Å². The average molecular weight is 465 g/mol. The summed E-state index contributed by atoms with van der Waals surface area (Å²) in [5, 5.41) is 0.701. The summed E-state index contributed by atoms with van der Waals surface area (Å²) in [4.78, 5) is 18.1. The molecule has 0 saturated heterocycles. The Morgan fingerprint density at radius 1 is 1.03 bits per heavy atom. The van der Waals surface area contributed by atoms with Gasteiger partial charge in [0, 0.05) is 23.7 Å². The van der Waals surface area contributed by atoms with Gasteiger partial charge in [0.15, 0.2) is 4.80 Å². The van der Waals surface area contributed by atoms with Crippen LogP contribution in [0.15, 0.2) is 71.7 Å². The molecule has 0 unspecified atom stereocenters. The first-order valence-corrected chi connectivity index (χ1v) is 11.8. The number of hydrogen-bond donors (Lipinski definition) is 0. The summed E-state index contributed by atoms with van der Waals surface area (Å²) in [5.74, 6) is -0.253. The first kappa shape index (κ1) is 22.5. The molecule has 164 valence electrons. The Balaban J connectivity index is 1.65. The number of hydrogen-bond acceptors (Lipinski definition) is 3. The molecule has 4 nitrogen and oxygen atoms in total. The lowest BCUT2D eigenvalue weighted by Crippen LogP contribution is -2.20. The molecule has 32 heavy (non-hydrogen) atoms. The van der Waals surface area contributed by atoms with Gasteiger partial charge in [-0.3, -0.25) is 4.79 Å². The summed E-state index contributed by atoms with van der Waals surface area (Å²) >= 11 is 7.86. The van der Waals surface area contributed by atoms with Gasteiger partial charge in [-0.25, -0.2) is 0 Å². The highest BCUT2D eigenvalue weighted by Crippen LogP contribution is 2.27. The van der Waals surface area contributed by atoms with E-state index >= 15 is 0 Å². The van der Waals surface area contributed by atoms with Crippen LogP contribution in [0.4, 0.5) is 0 Å². The van der Waals surface area contributed by atoms with Gasteiger partial charge in [0.1, 0.15) is 0 Å². The molecule has 1 heterocycles. The van der Waals surface area contributed by atoms with Crippen LogP contribution in [0.1, 0.15) is 34.0 Å². The van der Waals surface area contributed by atoms with Crippen LogP contribution in [0.2, 0.25) is 5.02 Å². The van der Waals surface area contributed by atoms with Crippen molar-refractivity contribution in [3.63, 3.8) is 0 Å². The maximum Gasteiger partial charge on any atom is 0.279 e. The molecule has 0 aliphatic carbocycles. The minimum Gasteiger partial charge on any atom is -0.380 e. The molecule has 0 fully saturated rings. The van der Waals surface area contributed by atoms with Gasteiger partial charge in [0.05, 0.1) is 16.8 Å². The van der Waals surface area contributed by atoms with Crippen molar-refractivity contribution in [3.05, 3.63) is 98.8 Å². The highest BCUT2D eigenvalue weighted by atomic mass is 35.5. The third-order valence-corrected chi connectivity index (χ3v) is 6.80. The van der Waals surface area contributed by atoms with E-state index < -0.39 is 0 Å².